The normalized spacial score (nSPS) is 16.0. The molecule has 1 saturated heterocycles. The molecule has 6 heteroatoms. The Balaban J connectivity index is 2.33. The molecule has 0 unspecified atom stereocenters. The highest BCUT2D eigenvalue weighted by molar-refractivity contribution is 7.80. The van der Waals surface area contributed by atoms with Crippen LogP contribution in [0.4, 0.5) is 0 Å². The maximum absolute atomic E-state index is 11.6. The van der Waals surface area contributed by atoms with E-state index < -0.39 is 0 Å². The van der Waals surface area contributed by atoms with Gasteiger partial charge < -0.3 is 14.8 Å². The summed E-state index contributed by atoms with van der Waals surface area (Å²) in [6.45, 7) is 4.94. The van der Waals surface area contributed by atoms with E-state index in [1.807, 2.05) is 32.0 Å². The molecule has 1 aliphatic heterocycles. The van der Waals surface area contributed by atoms with E-state index in [1.165, 1.54) is 0 Å². The Morgan fingerprint density at radius 1 is 1.20 bits per heavy atom. The number of ether oxygens (including phenoxy) is 2. The topological polar surface area (TPSA) is 59.6 Å². The second-order valence-electron chi connectivity index (χ2n) is 4.03. The van der Waals surface area contributed by atoms with Gasteiger partial charge in [-0.3, -0.25) is 10.1 Å². The molecule has 0 atom stereocenters. The molecular weight excluding hydrogens is 276 g/mol. The van der Waals surface area contributed by atoms with E-state index in [1.54, 1.807) is 6.08 Å². The lowest BCUT2D eigenvalue weighted by atomic mass is 10.1. The average molecular weight is 292 g/mol. The van der Waals surface area contributed by atoms with Gasteiger partial charge in [0.25, 0.3) is 5.91 Å². The minimum atomic E-state index is -0.244. The van der Waals surface area contributed by atoms with Gasteiger partial charge in [0.15, 0.2) is 5.11 Å². The van der Waals surface area contributed by atoms with Gasteiger partial charge in [-0.15, -0.1) is 0 Å². The maximum Gasteiger partial charge on any atom is 0.273 e. The summed E-state index contributed by atoms with van der Waals surface area (Å²) in [7, 11) is 0. The van der Waals surface area contributed by atoms with E-state index >= 15 is 0 Å². The van der Waals surface area contributed by atoms with E-state index in [4.69, 9.17) is 21.7 Å². The molecule has 0 saturated carbocycles. The second kappa shape index (κ2) is 6.38. The molecule has 106 valence electrons. The van der Waals surface area contributed by atoms with Crippen molar-refractivity contribution in [2.24, 2.45) is 0 Å². The molecule has 1 aliphatic rings. The molecule has 1 aromatic carbocycles. The predicted octanol–water partition coefficient (Wildman–Crippen LogP) is 1.83. The van der Waals surface area contributed by atoms with Crippen molar-refractivity contribution in [1.29, 1.82) is 0 Å². The van der Waals surface area contributed by atoms with Gasteiger partial charge in [0.2, 0.25) is 0 Å². The van der Waals surface area contributed by atoms with Crippen LogP contribution in [0.5, 0.6) is 11.5 Å². The van der Waals surface area contributed by atoms with Crippen molar-refractivity contribution in [2.45, 2.75) is 13.8 Å². The zero-order valence-corrected chi connectivity index (χ0v) is 12.2. The number of amides is 1. The quantitative estimate of drug-likeness (QED) is 0.640. The lowest BCUT2D eigenvalue weighted by Gasteiger charge is -2.10. The summed E-state index contributed by atoms with van der Waals surface area (Å²) in [5.41, 5.74) is 1.19. The van der Waals surface area contributed by atoms with Crippen molar-refractivity contribution >= 4 is 29.3 Å². The first-order chi connectivity index (χ1) is 9.63. The Kier molecular flexibility index (Phi) is 4.57. The van der Waals surface area contributed by atoms with Crippen LogP contribution >= 0.6 is 12.2 Å². The third kappa shape index (κ3) is 3.27. The van der Waals surface area contributed by atoms with Gasteiger partial charge in [0.05, 0.1) is 13.2 Å². The third-order valence-electron chi connectivity index (χ3n) is 2.62. The summed E-state index contributed by atoms with van der Waals surface area (Å²) in [5, 5.41) is 5.63. The Hall–Kier alpha value is -2.08. The van der Waals surface area contributed by atoms with Crippen LogP contribution in [0.25, 0.3) is 6.08 Å². The van der Waals surface area contributed by atoms with Crippen LogP contribution in [0.2, 0.25) is 0 Å². The van der Waals surface area contributed by atoms with Gasteiger partial charge in [-0.2, -0.15) is 0 Å². The van der Waals surface area contributed by atoms with E-state index in [0.717, 1.165) is 11.3 Å². The fourth-order valence-corrected chi connectivity index (χ4v) is 2.01. The molecule has 0 aliphatic carbocycles. The van der Waals surface area contributed by atoms with Crippen LogP contribution < -0.4 is 20.1 Å². The summed E-state index contributed by atoms with van der Waals surface area (Å²) in [6, 6.07) is 5.49. The summed E-state index contributed by atoms with van der Waals surface area (Å²) in [4.78, 5) is 11.6. The summed E-state index contributed by atoms with van der Waals surface area (Å²) in [6.07, 6.45) is 1.70. The Bertz CT molecular complexity index is 570. The molecule has 5 nitrogen and oxygen atoms in total. The Labute approximate surface area is 123 Å². The fraction of sp³-hybridized carbons (Fsp3) is 0.286. The Morgan fingerprint density at radius 3 is 2.55 bits per heavy atom. The number of carbonyl (C=O) groups excluding carboxylic acids is 1. The van der Waals surface area contributed by atoms with Crippen LogP contribution in [0.15, 0.2) is 23.9 Å². The SMILES string of the molecule is CCOc1ccc(C=C2NC(=S)NC2=O)c(OCC)c1. The molecule has 1 fully saturated rings. The smallest absolute Gasteiger partial charge is 0.273 e. The monoisotopic (exact) mass is 292 g/mol. The Morgan fingerprint density at radius 2 is 1.95 bits per heavy atom. The van der Waals surface area contributed by atoms with E-state index in [9.17, 15) is 4.79 Å². The van der Waals surface area contributed by atoms with Gasteiger partial charge in [0.1, 0.15) is 17.2 Å². The highest BCUT2D eigenvalue weighted by Crippen LogP contribution is 2.27. The molecule has 1 aromatic rings. The number of rotatable bonds is 5. The van der Waals surface area contributed by atoms with Crippen molar-refractivity contribution in [3.05, 3.63) is 29.5 Å². The molecule has 0 spiro atoms. The molecule has 1 amide bonds. The number of benzene rings is 1. The van der Waals surface area contributed by atoms with Crippen LogP contribution in [-0.2, 0) is 4.79 Å². The van der Waals surface area contributed by atoms with Gasteiger partial charge in [0, 0.05) is 11.6 Å². The summed E-state index contributed by atoms with van der Waals surface area (Å²) in [5.74, 6) is 1.15. The molecule has 0 aromatic heterocycles. The van der Waals surface area contributed by atoms with Gasteiger partial charge in [-0.25, -0.2) is 0 Å². The number of hydrogen-bond donors (Lipinski definition) is 2. The third-order valence-corrected chi connectivity index (χ3v) is 2.82. The highest BCUT2D eigenvalue weighted by atomic mass is 32.1. The van der Waals surface area contributed by atoms with Crippen molar-refractivity contribution in [3.8, 4) is 11.5 Å². The zero-order chi connectivity index (χ0) is 14.5. The maximum atomic E-state index is 11.6. The minimum absolute atomic E-state index is 0.244. The van der Waals surface area contributed by atoms with Gasteiger partial charge >= 0.3 is 0 Å². The lowest BCUT2D eigenvalue weighted by Crippen LogP contribution is -2.21. The number of hydrogen-bond acceptors (Lipinski definition) is 4. The van der Waals surface area contributed by atoms with E-state index in [0.29, 0.717) is 29.8 Å². The molecule has 0 bridgehead atoms. The van der Waals surface area contributed by atoms with Crippen LogP contribution in [-0.4, -0.2) is 24.2 Å². The van der Waals surface area contributed by atoms with Crippen molar-refractivity contribution in [3.63, 3.8) is 0 Å². The highest BCUT2D eigenvalue weighted by Gasteiger charge is 2.20. The van der Waals surface area contributed by atoms with Gasteiger partial charge in [-0.1, -0.05) is 0 Å². The molecule has 1 heterocycles. The van der Waals surface area contributed by atoms with Gasteiger partial charge in [-0.05, 0) is 44.3 Å². The van der Waals surface area contributed by atoms with Crippen molar-refractivity contribution in [2.75, 3.05) is 13.2 Å². The predicted molar refractivity (Wildman–Crippen MR) is 80.6 cm³/mol. The van der Waals surface area contributed by atoms with E-state index in [-0.39, 0.29) is 5.91 Å². The van der Waals surface area contributed by atoms with Crippen LogP contribution in [0.3, 0.4) is 0 Å². The molecule has 0 radical (unpaired) electrons. The standard InChI is InChI=1S/C14H16N2O3S/c1-3-18-10-6-5-9(12(8-10)19-4-2)7-11-13(17)16-14(20)15-11/h5-8H,3-4H2,1-2H3,(H2,15,16,17,20). The molecular formula is C14H16N2O3S. The van der Waals surface area contributed by atoms with E-state index in [2.05, 4.69) is 10.6 Å². The number of nitrogens with one attached hydrogen (secondary N) is 2. The summed E-state index contributed by atoms with van der Waals surface area (Å²) < 4.78 is 11.0. The molecule has 2 N–H and O–H groups in total. The second-order valence-corrected chi connectivity index (χ2v) is 4.44. The summed E-state index contributed by atoms with van der Waals surface area (Å²) >= 11 is 4.89. The average Bonchev–Trinajstić information content (AvgIpc) is 2.71. The number of thiocarbonyl (C=S) groups is 1. The lowest BCUT2D eigenvalue weighted by molar-refractivity contribution is -0.115. The largest absolute Gasteiger partial charge is 0.494 e. The van der Waals surface area contributed by atoms with Crippen LogP contribution in [0.1, 0.15) is 19.4 Å². The number of carbonyl (C=O) groups is 1. The first kappa shape index (κ1) is 14.3. The zero-order valence-electron chi connectivity index (χ0n) is 11.4. The first-order valence-corrected chi connectivity index (χ1v) is 6.78. The first-order valence-electron chi connectivity index (χ1n) is 6.37. The van der Waals surface area contributed by atoms with Crippen molar-refractivity contribution in [1.82, 2.24) is 10.6 Å². The van der Waals surface area contributed by atoms with Crippen molar-refractivity contribution < 1.29 is 14.3 Å². The van der Waals surface area contributed by atoms with Crippen LogP contribution in [0, 0.1) is 0 Å². The molecule has 20 heavy (non-hydrogen) atoms. The minimum Gasteiger partial charge on any atom is -0.494 e. The molecule has 2 rings (SSSR count). The fourth-order valence-electron chi connectivity index (χ4n) is 1.81.